The van der Waals surface area contributed by atoms with Crippen molar-refractivity contribution in [1.82, 2.24) is 0 Å². The van der Waals surface area contributed by atoms with Crippen molar-refractivity contribution in [3.63, 3.8) is 0 Å². The summed E-state index contributed by atoms with van der Waals surface area (Å²) >= 11 is 0. The lowest BCUT2D eigenvalue weighted by Crippen LogP contribution is -2.28. The molecule has 1 rings (SSSR count). The van der Waals surface area contributed by atoms with Gasteiger partial charge in [0.25, 0.3) is 0 Å². The van der Waals surface area contributed by atoms with Gasteiger partial charge in [0.1, 0.15) is 0 Å². The van der Waals surface area contributed by atoms with E-state index in [1.165, 1.54) is 103 Å². The van der Waals surface area contributed by atoms with Gasteiger partial charge in [-0.2, -0.15) is 0 Å². The predicted molar refractivity (Wildman–Crippen MR) is 114 cm³/mol. The molecular weight excluding hydrogens is 336 g/mol. The monoisotopic (exact) mass is 382 g/mol. The summed E-state index contributed by atoms with van der Waals surface area (Å²) in [6, 6.07) is 0. The van der Waals surface area contributed by atoms with E-state index in [0.29, 0.717) is 12.5 Å². The molecule has 0 aromatic heterocycles. The molecule has 3 heteroatoms. The molecule has 0 aromatic carbocycles. The predicted octanol–water partition coefficient (Wildman–Crippen LogP) is 7.22. The highest BCUT2D eigenvalue weighted by molar-refractivity contribution is 5.68. The molecule has 0 saturated carbocycles. The maximum atomic E-state index is 11.1. The Morgan fingerprint density at radius 2 is 1.48 bits per heavy atom. The fourth-order valence-electron chi connectivity index (χ4n) is 4.33. The fraction of sp³-hybridized carbons (Fsp3) is 0.958. The van der Waals surface area contributed by atoms with Gasteiger partial charge in [-0.25, -0.2) is 0 Å². The molecule has 1 saturated heterocycles. The molecule has 0 aliphatic carbocycles. The van der Waals surface area contributed by atoms with E-state index in [4.69, 9.17) is 4.74 Å². The van der Waals surface area contributed by atoms with Gasteiger partial charge in [0.15, 0.2) is 0 Å². The van der Waals surface area contributed by atoms with E-state index in [1.807, 2.05) is 0 Å². The van der Waals surface area contributed by atoms with Crippen LogP contribution in [0.4, 0.5) is 0 Å². The van der Waals surface area contributed by atoms with Gasteiger partial charge < -0.3 is 9.47 Å². The van der Waals surface area contributed by atoms with E-state index in [2.05, 4.69) is 11.7 Å². The molecule has 1 fully saturated rings. The van der Waals surface area contributed by atoms with E-state index in [1.54, 1.807) is 0 Å². The van der Waals surface area contributed by atoms with Crippen LogP contribution in [0.2, 0.25) is 0 Å². The number of methoxy groups -OCH3 is 1. The third-order valence-electron chi connectivity index (χ3n) is 6.10. The summed E-state index contributed by atoms with van der Waals surface area (Å²) < 4.78 is 10.8. The molecule has 0 aromatic rings. The number of esters is 1. The van der Waals surface area contributed by atoms with Gasteiger partial charge in [0.05, 0.1) is 13.2 Å². The lowest BCUT2D eigenvalue weighted by molar-refractivity contribution is -0.140. The standard InChI is InChI=1S/C24H46O3/c1-3-4-5-12-17-22(23-19-15-16-21-27-23)18-13-10-8-6-7-9-11-14-20-24(25)26-2/h22-23H,3-21H2,1-2H3. The number of hydrogen-bond acceptors (Lipinski definition) is 3. The van der Waals surface area contributed by atoms with Crippen LogP contribution in [0, 0.1) is 5.92 Å². The summed E-state index contributed by atoms with van der Waals surface area (Å²) in [5.41, 5.74) is 0. The Balaban J connectivity index is 2.04. The van der Waals surface area contributed by atoms with Crippen LogP contribution in [0.3, 0.4) is 0 Å². The summed E-state index contributed by atoms with van der Waals surface area (Å²) in [7, 11) is 1.47. The smallest absolute Gasteiger partial charge is 0.305 e. The first-order valence-corrected chi connectivity index (χ1v) is 12.0. The second-order valence-electron chi connectivity index (χ2n) is 8.46. The first-order valence-electron chi connectivity index (χ1n) is 12.0. The van der Waals surface area contributed by atoms with Crippen LogP contribution in [-0.4, -0.2) is 25.8 Å². The van der Waals surface area contributed by atoms with E-state index >= 15 is 0 Å². The van der Waals surface area contributed by atoms with E-state index < -0.39 is 0 Å². The molecule has 1 aliphatic rings. The molecule has 0 bridgehead atoms. The third-order valence-corrected chi connectivity index (χ3v) is 6.10. The van der Waals surface area contributed by atoms with Gasteiger partial charge in [-0.15, -0.1) is 0 Å². The van der Waals surface area contributed by atoms with Crippen molar-refractivity contribution in [2.75, 3.05) is 13.7 Å². The number of rotatable bonds is 17. The third kappa shape index (κ3) is 13.3. The van der Waals surface area contributed by atoms with Crippen LogP contribution in [0.1, 0.15) is 122 Å². The van der Waals surface area contributed by atoms with Crippen LogP contribution >= 0.6 is 0 Å². The maximum absolute atomic E-state index is 11.1. The average Bonchev–Trinajstić information content (AvgIpc) is 2.71. The number of ether oxygens (including phenoxy) is 2. The molecule has 1 aliphatic heterocycles. The van der Waals surface area contributed by atoms with Gasteiger partial charge >= 0.3 is 5.97 Å². The van der Waals surface area contributed by atoms with Gasteiger partial charge in [0.2, 0.25) is 0 Å². The van der Waals surface area contributed by atoms with Crippen LogP contribution < -0.4 is 0 Å². The van der Waals surface area contributed by atoms with Crippen molar-refractivity contribution in [2.24, 2.45) is 5.92 Å². The Bertz CT molecular complexity index is 337. The fourth-order valence-corrected chi connectivity index (χ4v) is 4.33. The summed E-state index contributed by atoms with van der Waals surface area (Å²) in [5, 5.41) is 0. The van der Waals surface area contributed by atoms with Crippen molar-refractivity contribution in [3.05, 3.63) is 0 Å². The number of hydrogen-bond donors (Lipinski definition) is 0. The molecule has 2 unspecified atom stereocenters. The first kappa shape index (κ1) is 24.5. The number of carbonyl (C=O) groups excluding carboxylic acids is 1. The minimum Gasteiger partial charge on any atom is -0.469 e. The van der Waals surface area contributed by atoms with Gasteiger partial charge in [-0.3, -0.25) is 4.79 Å². The largest absolute Gasteiger partial charge is 0.469 e. The lowest BCUT2D eigenvalue weighted by atomic mass is 9.86. The molecule has 0 spiro atoms. The zero-order valence-corrected chi connectivity index (χ0v) is 18.3. The topological polar surface area (TPSA) is 35.5 Å². The van der Waals surface area contributed by atoms with Crippen LogP contribution in [0.15, 0.2) is 0 Å². The Kier molecular flexibility index (Phi) is 15.9. The van der Waals surface area contributed by atoms with E-state index in [0.717, 1.165) is 25.4 Å². The Morgan fingerprint density at radius 1 is 0.889 bits per heavy atom. The van der Waals surface area contributed by atoms with Crippen molar-refractivity contribution < 1.29 is 14.3 Å². The highest BCUT2D eigenvalue weighted by Crippen LogP contribution is 2.29. The number of unbranched alkanes of at least 4 members (excludes halogenated alkanes) is 10. The molecule has 0 amide bonds. The summed E-state index contributed by atoms with van der Waals surface area (Å²) in [6.45, 7) is 3.28. The Labute approximate surface area is 169 Å². The molecule has 2 atom stereocenters. The van der Waals surface area contributed by atoms with Crippen LogP contribution in [0.25, 0.3) is 0 Å². The molecule has 0 N–H and O–H groups in total. The van der Waals surface area contributed by atoms with Crippen LogP contribution in [0.5, 0.6) is 0 Å². The first-order chi connectivity index (χ1) is 13.3. The van der Waals surface area contributed by atoms with Crippen molar-refractivity contribution in [3.8, 4) is 0 Å². The highest BCUT2D eigenvalue weighted by Gasteiger charge is 2.23. The molecule has 0 radical (unpaired) electrons. The molecule has 27 heavy (non-hydrogen) atoms. The quantitative estimate of drug-likeness (QED) is 0.197. The van der Waals surface area contributed by atoms with Crippen molar-refractivity contribution >= 4 is 5.97 Å². The molecule has 1 heterocycles. The van der Waals surface area contributed by atoms with Gasteiger partial charge in [-0.1, -0.05) is 77.6 Å². The minimum atomic E-state index is -0.0683. The Hall–Kier alpha value is -0.570. The van der Waals surface area contributed by atoms with Gasteiger partial charge in [-0.05, 0) is 44.4 Å². The van der Waals surface area contributed by atoms with E-state index in [9.17, 15) is 4.79 Å². The second kappa shape index (κ2) is 17.5. The Morgan fingerprint density at radius 3 is 2.04 bits per heavy atom. The summed E-state index contributed by atoms with van der Waals surface area (Å²) in [6.07, 6.45) is 23.5. The lowest BCUT2D eigenvalue weighted by Gasteiger charge is -2.31. The average molecular weight is 383 g/mol. The SMILES string of the molecule is CCCCCCC(CCCCCCCCCCC(=O)OC)C1CCCCO1. The zero-order chi connectivity index (χ0) is 19.6. The second-order valence-corrected chi connectivity index (χ2v) is 8.46. The molecule has 3 nitrogen and oxygen atoms in total. The number of carbonyl (C=O) groups is 1. The zero-order valence-electron chi connectivity index (χ0n) is 18.3. The van der Waals surface area contributed by atoms with Crippen LogP contribution in [-0.2, 0) is 14.3 Å². The summed E-state index contributed by atoms with van der Waals surface area (Å²) in [5.74, 6) is 0.738. The highest BCUT2D eigenvalue weighted by atomic mass is 16.5. The minimum absolute atomic E-state index is 0.0683. The van der Waals surface area contributed by atoms with E-state index in [-0.39, 0.29) is 5.97 Å². The molecular formula is C24H46O3. The maximum Gasteiger partial charge on any atom is 0.305 e. The normalized spacial score (nSPS) is 18.4. The molecule has 160 valence electrons. The van der Waals surface area contributed by atoms with Gasteiger partial charge in [0, 0.05) is 13.0 Å². The van der Waals surface area contributed by atoms with Crippen molar-refractivity contribution in [1.29, 1.82) is 0 Å². The van der Waals surface area contributed by atoms with Crippen molar-refractivity contribution in [2.45, 2.75) is 129 Å². The summed E-state index contributed by atoms with van der Waals surface area (Å²) in [4.78, 5) is 11.1.